The summed E-state index contributed by atoms with van der Waals surface area (Å²) in [7, 11) is 0. The highest BCUT2D eigenvalue weighted by molar-refractivity contribution is 5.44. The summed E-state index contributed by atoms with van der Waals surface area (Å²) < 4.78 is 13.8. The molecule has 26 heavy (non-hydrogen) atoms. The summed E-state index contributed by atoms with van der Waals surface area (Å²) in [5.74, 6) is 1.10. The van der Waals surface area contributed by atoms with Crippen LogP contribution in [0.4, 0.5) is 16.2 Å². The van der Waals surface area contributed by atoms with Gasteiger partial charge < -0.3 is 10.2 Å². The van der Waals surface area contributed by atoms with Crippen molar-refractivity contribution in [1.82, 2.24) is 9.97 Å². The molecule has 0 aliphatic carbocycles. The van der Waals surface area contributed by atoms with Crippen molar-refractivity contribution in [3.63, 3.8) is 0 Å². The number of nitrogens with zero attached hydrogens (tertiary/aromatic N) is 3. The third-order valence-corrected chi connectivity index (χ3v) is 4.15. The summed E-state index contributed by atoms with van der Waals surface area (Å²) in [5.41, 5.74) is 1.81. The van der Waals surface area contributed by atoms with Gasteiger partial charge in [-0.2, -0.15) is 4.98 Å². The predicted octanol–water partition coefficient (Wildman–Crippen LogP) is 4.64. The second-order valence-electron chi connectivity index (χ2n) is 6.39. The largest absolute Gasteiger partial charge is 0.350 e. The number of rotatable bonds is 7. The fourth-order valence-corrected chi connectivity index (χ4v) is 2.72. The lowest BCUT2D eigenvalue weighted by Crippen LogP contribution is -2.31. The van der Waals surface area contributed by atoms with E-state index in [0.717, 1.165) is 12.4 Å². The Balaban J connectivity index is 1.75. The summed E-state index contributed by atoms with van der Waals surface area (Å²) in [5, 5.41) is 3.11. The minimum absolute atomic E-state index is 0.232. The van der Waals surface area contributed by atoms with Crippen LogP contribution in [0.1, 0.15) is 25.0 Å². The standard InChI is InChI=1S/C21H23FN4/c1-16(2)26(15-17-8-4-3-5-9-17)20-12-13-23-21(25-20)24-14-18-10-6-7-11-19(18)22/h3-13,16H,14-15H2,1-2H3,(H,23,24,25). The van der Waals surface area contributed by atoms with Crippen LogP contribution in [-0.2, 0) is 13.1 Å². The molecule has 1 N–H and O–H groups in total. The van der Waals surface area contributed by atoms with Gasteiger partial charge in [-0.25, -0.2) is 9.37 Å². The summed E-state index contributed by atoms with van der Waals surface area (Å²) in [6.07, 6.45) is 1.73. The highest BCUT2D eigenvalue weighted by Gasteiger charge is 2.13. The molecule has 1 heterocycles. The molecule has 0 saturated carbocycles. The molecular weight excluding hydrogens is 327 g/mol. The lowest BCUT2D eigenvalue weighted by Gasteiger charge is -2.28. The number of nitrogens with one attached hydrogen (secondary N) is 1. The number of halogens is 1. The first-order valence-corrected chi connectivity index (χ1v) is 8.74. The first-order chi connectivity index (χ1) is 12.6. The van der Waals surface area contributed by atoms with Gasteiger partial charge in [0.25, 0.3) is 0 Å². The van der Waals surface area contributed by atoms with Crippen molar-refractivity contribution in [3.05, 3.63) is 83.8 Å². The van der Waals surface area contributed by atoms with E-state index in [1.807, 2.05) is 30.3 Å². The maximum atomic E-state index is 13.8. The van der Waals surface area contributed by atoms with Crippen molar-refractivity contribution in [2.24, 2.45) is 0 Å². The van der Waals surface area contributed by atoms with Gasteiger partial charge in [-0.05, 0) is 31.5 Å². The van der Waals surface area contributed by atoms with Gasteiger partial charge in [-0.15, -0.1) is 0 Å². The Morgan fingerprint density at radius 1 is 1.00 bits per heavy atom. The fraction of sp³-hybridized carbons (Fsp3) is 0.238. The summed E-state index contributed by atoms with van der Waals surface area (Å²) in [6.45, 7) is 5.38. The van der Waals surface area contributed by atoms with Crippen molar-refractivity contribution in [3.8, 4) is 0 Å². The zero-order valence-corrected chi connectivity index (χ0v) is 15.1. The van der Waals surface area contributed by atoms with Gasteiger partial charge >= 0.3 is 0 Å². The molecule has 4 nitrogen and oxygen atoms in total. The van der Waals surface area contributed by atoms with Crippen molar-refractivity contribution in [2.75, 3.05) is 10.2 Å². The topological polar surface area (TPSA) is 41.1 Å². The Bertz CT molecular complexity index is 836. The molecule has 3 rings (SSSR count). The second-order valence-corrected chi connectivity index (χ2v) is 6.39. The first-order valence-electron chi connectivity index (χ1n) is 8.74. The van der Waals surface area contributed by atoms with Gasteiger partial charge in [0.05, 0.1) is 0 Å². The van der Waals surface area contributed by atoms with E-state index in [2.05, 4.69) is 46.2 Å². The van der Waals surface area contributed by atoms with E-state index in [0.29, 0.717) is 18.1 Å². The van der Waals surface area contributed by atoms with Crippen LogP contribution in [0.15, 0.2) is 66.9 Å². The normalized spacial score (nSPS) is 10.8. The summed E-state index contributed by atoms with van der Waals surface area (Å²) in [4.78, 5) is 11.1. The Hall–Kier alpha value is -2.95. The first kappa shape index (κ1) is 17.9. The molecule has 0 fully saturated rings. The van der Waals surface area contributed by atoms with Gasteiger partial charge in [-0.3, -0.25) is 0 Å². The highest BCUT2D eigenvalue weighted by atomic mass is 19.1. The quantitative estimate of drug-likeness (QED) is 0.674. The van der Waals surface area contributed by atoms with E-state index in [4.69, 9.17) is 0 Å². The zero-order valence-electron chi connectivity index (χ0n) is 15.1. The van der Waals surface area contributed by atoms with E-state index >= 15 is 0 Å². The maximum absolute atomic E-state index is 13.8. The SMILES string of the molecule is CC(C)N(Cc1ccccc1)c1ccnc(NCc2ccccc2F)n1. The van der Waals surface area contributed by atoms with Crippen molar-refractivity contribution in [2.45, 2.75) is 33.0 Å². The van der Waals surface area contributed by atoms with E-state index in [-0.39, 0.29) is 11.9 Å². The van der Waals surface area contributed by atoms with Crippen LogP contribution in [0, 0.1) is 5.82 Å². The molecule has 5 heteroatoms. The van der Waals surface area contributed by atoms with Gasteiger partial charge in [-0.1, -0.05) is 48.5 Å². The van der Waals surface area contributed by atoms with Crippen LogP contribution >= 0.6 is 0 Å². The average Bonchev–Trinajstić information content (AvgIpc) is 2.66. The van der Waals surface area contributed by atoms with Gasteiger partial charge in [0.1, 0.15) is 11.6 Å². The number of benzene rings is 2. The monoisotopic (exact) mass is 350 g/mol. The second kappa shape index (κ2) is 8.43. The van der Waals surface area contributed by atoms with Crippen LogP contribution in [0.5, 0.6) is 0 Å². The molecule has 0 atom stereocenters. The maximum Gasteiger partial charge on any atom is 0.224 e. The molecule has 0 unspecified atom stereocenters. The molecule has 0 saturated heterocycles. The molecule has 3 aromatic rings. The van der Waals surface area contributed by atoms with E-state index in [1.54, 1.807) is 18.3 Å². The minimum atomic E-state index is -0.232. The van der Waals surface area contributed by atoms with Crippen LogP contribution in [-0.4, -0.2) is 16.0 Å². The van der Waals surface area contributed by atoms with Crippen molar-refractivity contribution >= 4 is 11.8 Å². The lowest BCUT2D eigenvalue weighted by molar-refractivity contribution is 0.612. The van der Waals surface area contributed by atoms with Crippen LogP contribution in [0.25, 0.3) is 0 Å². The van der Waals surface area contributed by atoms with E-state index in [9.17, 15) is 4.39 Å². The Morgan fingerprint density at radius 2 is 1.73 bits per heavy atom. The van der Waals surface area contributed by atoms with Gasteiger partial charge in [0, 0.05) is 30.9 Å². The minimum Gasteiger partial charge on any atom is -0.350 e. The Labute approximate surface area is 153 Å². The summed E-state index contributed by atoms with van der Waals surface area (Å²) in [6, 6.07) is 19.2. The van der Waals surface area contributed by atoms with Crippen LogP contribution < -0.4 is 10.2 Å². The molecule has 134 valence electrons. The van der Waals surface area contributed by atoms with Crippen LogP contribution in [0.3, 0.4) is 0 Å². The molecule has 0 aliphatic heterocycles. The van der Waals surface area contributed by atoms with Crippen LogP contribution in [0.2, 0.25) is 0 Å². The number of aromatic nitrogens is 2. The smallest absolute Gasteiger partial charge is 0.224 e. The molecule has 0 aliphatic rings. The number of anilines is 2. The number of hydrogen-bond acceptors (Lipinski definition) is 4. The van der Waals surface area contributed by atoms with Gasteiger partial charge in [0.2, 0.25) is 5.95 Å². The summed E-state index contributed by atoms with van der Waals surface area (Å²) >= 11 is 0. The molecule has 0 amide bonds. The molecule has 0 radical (unpaired) electrons. The molecule has 0 bridgehead atoms. The number of hydrogen-bond donors (Lipinski definition) is 1. The Kier molecular flexibility index (Phi) is 5.79. The highest BCUT2D eigenvalue weighted by Crippen LogP contribution is 2.19. The fourth-order valence-electron chi connectivity index (χ4n) is 2.72. The van der Waals surface area contributed by atoms with Crippen molar-refractivity contribution in [1.29, 1.82) is 0 Å². The van der Waals surface area contributed by atoms with Crippen molar-refractivity contribution < 1.29 is 4.39 Å². The lowest BCUT2D eigenvalue weighted by atomic mass is 10.2. The molecule has 0 spiro atoms. The zero-order chi connectivity index (χ0) is 18.4. The Morgan fingerprint density at radius 3 is 2.46 bits per heavy atom. The van der Waals surface area contributed by atoms with E-state index in [1.165, 1.54) is 11.6 Å². The molecule has 2 aromatic carbocycles. The molecular formula is C21H23FN4. The average molecular weight is 350 g/mol. The third-order valence-electron chi connectivity index (χ3n) is 4.15. The van der Waals surface area contributed by atoms with Gasteiger partial charge in [0.15, 0.2) is 0 Å². The van der Waals surface area contributed by atoms with E-state index < -0.39 is 0 Å². The predicted molar refractivity (Wildman–Crippen MR) is 104 cm³/mol. The third kappa shape index (κ3) is 4.57. The molecule has 1 aromatic heterocycles.